The molecule has 3 aromatic rings. The van der Waals surface area contributed by atoms with E-state index in [1.807, 2.05) is 25.1 Å². The maximum Gasteiger partial charge on any atom is 0.243 e. The van der Waals surface area contributed by atoms with Crippen molar-refractivity contribution in [2.75, 3.05) is 13.1 Å². The van der Waals surface area contributed by atoms with Gasteiger partial charge in [-0.2, -0.15) is 4.31 Å². The van der Waals surface area contributed by atoms with Gasteiger partial charge in [0, 0.05) is 38.7 Å². The smallest absolute Gasteiger partial charge is 0.243 e. The Hall–Kier alpha value is -2.78. The van der Waals surface area contributed by atoms with Crippen molar-refractivity contribution in [1.29, 1.82) is 0 Å². The zero-order chi connectivity index (χ0) is 23.4. The highest BCUT2D eigenvalue weighted by Gasteiger charge is 2.27. The number of aromatic nitrogens is 3. The number of nitrogens with zero attached hydrogens (tertiary/aromatic N) is 4. The van der Waals surface area contributed by atoms with Crippen LogP contribution in [0.25, 0.3) is 11.0 Å². The summed E-state index contributed by atoms with van der Waals surface area (Å²) < 4.78 is 29.6. The lowest BCUT2D eigenvalue weighted by molar-refractivity contribution is -0.121. The minimum atomic E-state index is -3.49. The molecule has 0 atom stereocenters. The van der Waals surface area contributed by atoms with Gasteiger partial charge in [0.05, 0.1) is 28.2 Å². The fourth-order valence-corrected chi connectivity index (χ4v) is 5.80. The third kappa shape index (κ3) is 5.09. The minimum absolute atomic E-state index is 0.0625. The first-order chi connectivity index (χ1) is 15.9. The van der Waals surface area contributed by atoms with Crippen molar-refractivity contribution in [2.24, 2.45) is 0 Å². The lowest BCUT2D eigenvalue weighted by Gasteiger charge is -2.15. The van der Waals surface area contributed by atoms with Gasteiger partial charge in [-0.3, -0.25) is 9.78 Å². The molecule has 3 heterocycles. The van der Waals surface area contributed by atoms with E-state index in [-0.39, 0.29) is 10.8 Å². The first kappa shape index (κ1) is 23.4. The van der Waals surface area contributed by atoms with Crippen molar-refractivity contribution >= 4 is 27.0 Å². The fraction of sp³-hybridized carbons (Fsp3) is 0.458. The summed E-state index contributed by atoms with van der Waals surface area (Å²) in [4.78, 5) is 21.8. The summed E-state index contributed by atoms with van der Waals surface area (Å²) in [5.74, 6) is 0.735. The number of fused-ring (bicyclic) bond motifs is 1. The highest BCUT2D eigenvalue weighted by molar-refractivity contribution is 7.89. The fourth-order valence-electron chi connectivity index (χ4n) is 4.26. The van der Waals surface area contributed by atoms with E-state index >= 15 is 0 Å². The first-order valence-electron chi connectivity index (χ1n) is 11.6. The Bertz CT molecular complexity index is 1250. The van der Waals surface area contributed by atoms with Crippen LogP contribution in [-0.2, 0) is 34.3 Å². The van der Waals surface area contributed by atoms with E-state index in [1.54, 1.807) is 22.6 Å². The Labute approximate surface area is 195 Å². The van der Waals surface area contributed by atoms with Crippen LogP contribution in [0, 0.1) is 6.92 Å². The molecule has 1 amide bonds. The molecule has 1 aliphatic rings. The molecule has 0 spiro atoms. The Morgan fingerprint density at radius 3 is 2.70 bits per heavy atom. The monoisotopic (exact) mass is 469 g/mol. The molecule has 1 N–H and O–H groups in total. The van der Waals surface area contributed by atoms with E-state index in [2.05, 4.69) is 21.8 Å². The van der Waals surface area contributed by atoms with E-state index in [1.165, 1.54) is 0 Å². The largest absolute Gasteiger partial charge is 0.350 e. The lowest BCUT2D eigenvalue weighted by atomic mass is 10.2. The van der Waals surface area contributed by atoms with Crippen molar-refractivity contribution in [3.63, 3.8) is 0 Å². The Morgan fingerprint density at radius 1 is 1.18 bits per heavy atom. The van der Waals surface area contributed by atoms with Crippen LogP contribution in [-0.4, -0.2) is 46.3 Å². The molecule has 0 radical (unpaired) electrons. The summed E-state index contributed by atoms with van der Waals surface area (Å²) in [7, 11) is -3.49. The second-order valence-electron chi connectivity index (χ2n) is 8.49. The third-order valence-electron chi connectivity index (χ3n) is 6.10. The third-order valence-corrected chi connectivity index (χ3v) is 7.99. The van der Waals surface area contributed by atoms with Crippen molar-refractivity contribution in [3.8, 4) is 0 Å². The summed E-state index contributed by atoms with van der Waals surface area (Å²) in [6.45, 7) is 6.36. The van der Waals surface area contributed by atoms with E-state index in [9.17, 15) is 13.2 Å². The van der Waals surface area contributed by atoms with Crippen LogP contribution in [0.5, 0.6) is 0 Å². The summed E-state index contributed by atoms with van der Waals surface area (Å²) in [6, 6.07) is 9.03. The van der Waals surface area contributed by atoms with Crippen LogP contribution >= 0.6 is 0 Å². The second kappa shape index (κ2) is 10.0. The zero-order valence-corrected chi connectivity index (χ0v) is 20.1. The molecule has 0 bridgehead atoms. The normalized spacial score (nSPS) is 14.7. The highest BCUT2D eigenvalue weighted by atomic mass is 32.2. The van der Waals surface area contributed by atoms with Gasteiger partial charge in [-0.15, -0.1) is 0 Å². The van der Waals surface area contributed by atoms with Gasteiger partial charge in [-0.05, 0) is 56.0 Å². The van der Waals surface area contributed by atoms with Gasteiger partial charge in [0.2, 0.25) is 15.9 Å². The van der Waals surface area contributed by atoms with Gasteiger partial charge in [0.1, 0.15) is 5.82 Å². The van der Waals surface area contributed by atoms with Crippen molar-refractivity contribution < 1.29 is 13.2 Å². The first-order valence-corrected chi connectivity index (χ1v) is 13.0. The Morgan fingerprint density at radius 2 is 1.97 bits per heavy atom. The molecule has 1 aromatic carbocycles. The van der Waals surface area contributed by atoms with Crippen LogP contribution in [0.3, 0.4) is 0 Å². The molecule has 33 heavy (non-hydrogen) atoms. The van der Waals surface area contributed by atoms with Crippen LogP contribution in [0.15, 0.2) is 41.4 Å². The van der Waals surface area contributed by atoms with Crippen LogP contribution in [0.4, 0.5) is 0 Å². The van der Waals surface area contributed by atoms with E-state index < -0.39 is 10.0 Å². The minimum Gasteiger partial charge on any atom is -0.350 e. The van der Waals surface area contributed by atoms with Crippen LogP contribution in [0.1, 0.15) is 49.7 Å². The van der Waals surface area contributed by atoms with E-state index in [0.717, 1.165) is 48.4 Å². The number of imidazole rings is 1. The highest BCUT2D eigenvalue weighted by Crippen LogP contribution is 2.25. The number of nitrogens with one attached hydrogen (secondary N) is 1. The summed E-state index contributed by atoms with van der Waals surface area (Å²) in [6.07, 6.45) is 5.22. The van der Waals surface area contributed by atoms with Gasteiger partial charge in [0.15, 0.2) is 0 Å². The van der Waals surface area contributed by atoms with E-state index in [0.29, 0.717) is 38.0 Å². The van der Waals surface area contributed by atoms with Gasteiger partial charge in [-0.1, -0.05) is 13.0 Å². The number of benzene rings is 1. The quantitative estimate of drug-likeness (QED) is 0.519. The molecule has 9 heteroatoms. The molecular formula is C24H31N5O3S. The molecule has 0 saturated carbocycles. The zero-order valence-electron chi connectivity index (χ0n) is 19.2. The van der Waals surface area contributed by atoms with Gasteiger partial charge >= 0.3 is 0 Å². The van der Waals surface area contributed by atoms with Crippen molar-refractivity contribution in [1.82, 2.24) is 24.2 Å². The average molecular weight is 470 g/mol. The van der Waals surface area contributed by atoms with Gasteiger partial charge < -0.3 is 9.88 Å². The summed E-state index contributed by atoms with van der Waals surface area (Å²) in [5.41, 5.74) is 3.46. The number of amides is 1. The second-order valence-corrected chi connectivity index (χ2v) is 10.4. The van der Waals surface area contributed by atoms with Crippen LogP contribution < -0.4 is 5.32 Å². The number of aryl methyl sites for hydroxylation is 3. The molecule has 1 aliphatic heterocycles. The number of carbonyl (C=O) groups is 1. The predicted octanol–water partition coefficient (Wildman–Crippen LogP) is 3.18. The number of carbonyl (C=O) groups excluding carboxylic acids is 1. The maximum atomic E-state index is 13.0. The molecule has 8 nitrogen and oxygen atoms in total. The molecule has 2 aromatic heterocycles. The van der Waals surface area contributed by atoms with Crippen molar-refractivity contribution in [2.45, 2.75) is 63.9 Å². The van der Waals surface area contributed by atoms with E-state index in [4.69, 9.17) is 4.98 Å². The SMILES string of the molecule is CCCn1c(CCC(=O)NCc2ncccc2C)nc2cc(S(=O)(=O)N3CCCC3)ccc21. The molecule has 4 rings (SSSR count). The summed E-state index contributed by atoms with van der Waals surface area (Å²) in [5, 5.41) is 2.93. The predicted molar refractivity (Wildman–Crippen MR) is 127 cm³/mol. The molecule has 176 valence electrons. The number of hydrogen-bond donors (Lipinski definition) is 1. The molecule has 0 aliphatic carbocycles. The Balaban J connectivity index is 1.50. The molecule has 0 unspecified atom stereocenters. The number of pyridine rings is 1. The van der Waals surface area contributed by atoms with Gasteiger partial charge in [-0.25, -0.2) is 13.4 Å². The van der Waals surface area contributed by atoms with Crippen LogP contribution in [0.2, 0.25) is 0 Å². The number of hydrogen-bond acceptors (Lipinski definition) is 5. The number of sulfonamides is 1. The van der Waals surface area contributed by atoms with Gasteiger partial charge in [0.25, 0.3) is 0 Å². The molecule has 1 saturated heterocycles. The summed E-state index contributed by atoms with van der Waals surface area (Å²) >= 11 is 0. The Kier molecular flexibility index (Phi) is 7.09. The average Bonchev–Trinajstić information content (AvgIpc) is 3.46. The number of rotatable bonds is 9. The molecular weight excluding hydrogens is 438 g/mol. The standard InChI is InChI=1S/C24H31N5O3S/c1-3-13-29-22-9-8-19(33(31,32)28-14-4-5-15-28)16-20(22)27-23(29)10-11-24(30)26-17-21-18(2)7-6-12-25-21/h6-9,12,16H,3-5,10-11,13-15,17H2,1-2H3,(H,26,30). The topological polar surface area (TPSA) is 97.2 Å². The molecule has 1 fully saturated rings. The maximum absolute atomic E-state index is 13.0. The van der Waals surface area contributed by atoms with Crippen molar-refractivity contribution in [3.05, 3.63) is 53.6 Å². The lowest BCUT2D eigenvalue weighted by Crippen LogP contribution is -2.27.